The highest BCUT2D eigenvalue weighted by atomic mass is 16.7. The Labute approximate surface area is 116 Å². The quantitative estimate of drug-likeness (QED) is 0.748. The molecule has 0 bridgehead atoms. The highest BCUT2D eigenvalue weighted by Gasteiger charge is 2.09. The van der Waals surface area contributed by atoms with Crippen molar-refractivity contribution in [2.75, 3.05) is 21.3 Å². The highest BCUT2D eigenvalue weighted by molar-refractivity contribution is 5.76. The van der Waals surface area contributed by atoms with Crippen molar-refractivity contribution in [2.45, 2.75) is 19.3 Å². The zero-order chi connectivity index (χ0) is 14.5. The van der Waals surface area contributed by atoms with E-state index in [0.717, 1.165) is 11.0 Å². The summed E-state index contributed by atoms with van der Waals surface area (Å²) in [4.78, 5) is 16.1. The normalized spacial score (nSPS) is 11.2. The minimum atomic E-state index is -0.337. The maximum Gasteiger partial charge on any atom is 0.269 e. The van der Waals surface area contributed by atoms with Crippen LogP contribution in [0.1, 0.15) is 6.42 Å². The summed E-state index contributed by atoms with van der Waals surface area (Å²) in [5.41, 5.74) is 1.33. The molecule has 0 unspecified atom stereocenters. The third kappa shape index (κ3) is 2.97. The molecule has 0 aliphatic heterocycles. The molecule has 0 aliphatic carbocycles. The van der Waals surface area contributed by atoms with Gasteiger partial charge in [0.25, 0.3) is 5.56 Å². The van der Waals surface area contributed by atoms with E-state index >= 15 is 0 Å². The van der Waals surface area contributed by atoms with Gasteiger partial charge < -0.3 is 18.8 Å². The summed E-state index contributed by atoms with van der Waals surface area (Å²) in [5.74, 6) is 0.689. The number of hydrogen-bond donors (Lipinski definition) is 0. The Morgan fingerprint density at radius 2 is 2.00 bits per heavy atom. The van der Waals surface area contributed by atoms with Crippen molar-refractivity contribution in [1.29, 1.82) is 0 Å². The molecule has 1 aromatic carbocycles. The fourth-order valence-corrected chi connectivity index (χ4v) is 2.07. The van der Waals surface area contributed by atoms with Crippen LogP contribution in [0.25, 0.3) is 11.0 Å². The van der Waals surface area contributed by atoms with Gasteiger partial charge in [-0.25, -0.2) is 4.98 Å². The Bertz CT molecular complexity index is 635. The standard InChI is InChI=1S/C14H18N2O4/c1-18-10-4-5-11-12(8-10)16(13(17)9-15-11)7-6-14(19-2)20-3/h4-5,8-9,14H,6-7H2,1-3H3. The van der Waals surface area contributed by atoms with Crippen LogP contribution < -0.4 is 10.3 Å². The summed E-state index contributed by atoms with van der Waals surface area (Å²) in [6, 6.07) is 5.45. The lowest BCUT2D eigenvalue weighted by Crippen LogP contribution is -2.24. The lowest BCUT2D eigenvalue weighted by atomic mass is 10.2. The van der Waals surface area contributed by atoms with Crippen molar-refractivity contribution >= 4 is 11.0 Å². The van der Waals surface area contributed by atoms with Gasteiger partial charge in [-0.1, -0.05) is 0 Å². The smallest absolute Gasteiger partial charge is 0.269 e. The molecule has 6 heteroatoms. The van der Waals surface area contributed by atoms with E-state index in [9.17, 15) is 4.79 Å². The van der Waals surface area contributed by atoms with E-state index in [1.807, 2.05) is 12.1 Å². The van der Waals surface area contributed by atoms with E-state index in [2.05, 4.69) is 4.98 Å². The summed E-state index contributed by atoms with van der Waals surface area (Å²) in [5, 5.41) is 0. The molecule has 0 aliphatic rings. The first-order valence-electron chi connectivity index (χ1n) is 6.28. The molecule has 0 spiro atoms. The van der Waals surface area contributed by atoms with Crippen LogP contribution in [0, 0.1) is 0 Å². The fourth-order valence-electron chi connectivity index (χ4n) is 2.07. The molecule has 0 saturated heterocycles. The number of fused-ring (bicyclic) bond motifs is 1. The molecule has 6 nitrogen and oxygen atoms in total. The van der Waals surface area contributed by atoms with Gasteiger partial charge in [-0.05, 0) is 12.1 Å². The van der Waals surface area contributed by atoms with Gasteiger partial charge in [-0.15, -0.1) is 0 Å². The van der Waals surface area contributed by atoms with Crippen molar-refractivity contribution in [1.82, 2.24) is 9.55 Å². The van der Waals surface area contributed by atoms with Crippen LogP contribution in [0.2, 0.25) is 0 Å². The molecule has 0 fully saturated rings. The second-order valence-electron chi connectivity index (χ2n) is 4.29. The van der Waals surface area contributed by atoms with Crippen molar-refractivity contribution < 1.29 is 14.2 Å². The Hall–Kier alpha value is -1.92. The van der Waals surface area contributed by atoms with Crippen LogP contribution in [0.15, 0.2) is 29.2 Å². The summed E-state index contributed by atoms with van der Waals surface area (Å²) in [6.45, 7) is 0.483. The fraction of sp³-hybridized carbons (Fsp3) is 0.429. The van der Waals surface area contributed by atoms with Crippen LogP contribution in [0.3, 0.4) is 0 Å². The van der Waals surface area contributed by atoms with E-state index in [-0.39, 0.29) is 11.8 Å². The van der Waals surface area contributed by atoms with E-state index in [1.165, 1.54) is 6.20 Å². The number of rotatable bonds is 6. The number of aromatic nitrogens is 2. The van der Waals surface area contributed by atoms with Gasteiger partial charge in [0.1, 0.15) is 5.75 Å². The topological polar surface area (TPSA) is 62.6 Å². The van der Waals surface area contributed by atoms with E-state index in [4.69, 9.17) is 14.2 Å². The van der Waals surface area contributed by atoms with Gasteiger partial charge in [0.05, 0.1) is 24.3 Å². The molecule has 0 atom stereocenters. The summed E-state index contributed by atoms with van der Waals surface area (Å²) in [6.07, 6.45) is 1.56. The van der Waals surface area contributed by atoms with Crippen molar-refractivity contribution in [3.05, 3.63) is 34.7 Å². The molecule has 0 N–H and O–H groups in total. The molecule has 2 aromatic rings. The molecule has 0 saturated carbocycles. The Kier molecular flexibility index (Phi) is 4.70. The lowest BCUT2D eigenvalue weighted by Gasteiger charge is -2.15. The Morgan fingerprint density at radius 1 is 1.25 bits per heavy atom. The average Bonchev–Trinajstić information content (AvgIpc) is 2.49. The zero-order valence-electron chi connectivity index (χ0n) is 11.8. The molecular formula is C14H18N2O4. The molecule has 1 aromatic heterocycles. The maximum absolute atomic E-state index is 12.0. The van der Waals surface area contributed by atoms with E-state index in [1.54, 1.807) is 32.0 Å². The van der Waals surface area contributed by atoms with Crippen molar-refractivity contribution in [3.8, 4) is 5.75 Å². The zero-order valence-corrected chi connectivity index (χ0v) is 11.8. The van der Waals surface area contributed by atoms with Gasteiger partial charge >= 0.3 is 0 Å². The third-order valence-corrected chi connectivity index (χ3v) is 3.17. The number of benzene rings is 1. The average molecular weight is 278 g/mol. The van der Waals surface area contributed by atoms with Gasteiger partial charge in [0.2, 0.25) is 0 Å². The van der Waals surface area contributed by atoms with E-state index in [0.29, 0.717) is 18.7 Å². The first-order chi connectivity index (χ1) is 9.69. The molecule has 108 valence electrons. The second-order valence-corrected chi connectivity index (χ2v) is 4.29. The molecule has 2 rings (SSSR count). The number of nitrogens with zero attached hydrogens (tertiary/aromatic N) is 2. The molecule has 0 radical (unpaired) electrons. The lowest BCUT2D eigenvalue weighted by molar-refractivity contribution is -0.107. The number of ether oxygens (including phenoxy) is 3. The van der Waals surface area contributed by atoms with Gasteiger partial charge in [0, 0.05) is 33.3 Å². The molecule has 0 amide bonds. The number of aryl methyl sites for hydroxylation is 1. The minimum Gasteiger partial charge on any atom is -0.497 e. The summed E-state index contributed by atoms with van der Waals surface area (Å²) in [7, 11) is 4.74. The van der Waals surface area contributed by atoms with Crippen LogP contribution in [-0.4, -0.2) is 37.2 Å². The summed E-state index contributed by atoms with van der Waals surface area (Å²) < 4.78 is 17.1. The molecule has 20 heavy (non-hydrogen) atoms. The van der Waals surface area contributed by atoms with E-state index < -0.39 is 0 Å². The largest absolute Gasteiger partial charge is 0.497 e. The summed E-state index contributed by atoms with van der Waals surface area (Å²) >= 11 is 0. The second kappa shape index (κ2) is 6.49. The number of hydrogen-bond acceptors (Lipinski definition) is 5. The first-order valence-corrected chi connectivity index (χ1v) is 6.28. The first kappa shape index (κ1) is 14.5. The Balaban J connectivity index is 2.39. The predicted octanol–water partition coefficient (Wildman–Crippen LogP) is 1.41. The SMILES string of the molecule is COc1ccc2ncc(=O)n(CCC(OC)OC)c2c1. The minimum absolute atomic E-state index is 0.156. The van der Waals surface area contributed by atoms with Crippen LogP contribution in [0.5, 0.6) is 5.75 Å². The number of methoxy groups -OCH3 is 3. The predicted molar refractivity (Wildman–Crippen MR) is 75.0 cm³/mol. The van der Waals surface area contributed by atoms with Gasteiger partial charge in [-0.2, -0.15) is 0 Å². The van der Waals surface area contributed by atoms with Crippen LogP contribution >= 0.6 is 0 Å². The van der Waals surface area contributed by atoms with Crippen LogP contribution in [-0.2, 0) is 16.0 Å². The van der Waals surface area contributed by atoms with Crippen molar-refractivity contribution in [3.63, 3.8) is 0 Å². The van der Waals surface area contributed by atoms with Gasteiger partial charge in [0.15, 0.2) is 6.29 Å². The Morgan fingerprint density at radius 3 is 2.65 bits per heavy atom. The monoisotopic (exact) mass is 278 g/mol. The van der Waals surface area contributed by atoms with Crippen LogP contribution in [0.4, 0.5) is 0 Å². The molecular weight excluding hydrogens is 260 g/mol. The molecule has 1 heterocycles. The third-order valence-electron chi connectivity index (χ3n) is 3.17. The maximum atomic E-state index is 12.0. The van der Waals surface area contributed by atoms with Gasteiger partial charge in [-0.3, -0.25) is 4.79 Å². The van der Waals surface area contributed by atoms with Crippen molar-refractivity contribution in [2.24, 2.45) is 0 Å². The highest BCUT2D eigenvalue weighted by Crippen LogP contribution is 2.18.